The number of carbonyl (C=O) groups excluding carboxylic acids is 2. The van der Waals surface area contributed by atoms with E-state index in [-0.39, 0.29) is 36.9 Å². The summed E-state index contributed by atoms with van der Waals surface area (Å²) >= 11 is 0. The Balaban J connectivity index is 1.42. The summed E-state index contributed by atoms with van der Waals surface area (Å²) in [5.74, 6) is 0.974. The quantitative estimate of drug-likeness (QED) is 0.111. The fourth-order valence-electron chi connectivity index (χ4n) is 8.75. The second-order valence-electron chi connectivity index (χ2n) is 15.8. The zero-order valence-corrected chi connectivity index (χ0v) is 32.9. The van der Waals surface area contributed by atoms with Crippen LogP contribution < -0.4 is 14.8 Å². The van der Waals surface area contributed by atoms with Crippen LogP contribution in [0.15, 0.2) is 109 Å². The molecule has 1 saturated carbocycles. The Morgan fingerprint density at radius 1 is 0.927 bits per heavy atom. The van der Waals surface area contributed by atoms with Gasteiger partial charge in [-0.25, -0.2) is 4.79 Å². The molecule has 4 aromatic rings. The molecule has 55 heavy (non-hydrogen) atoms. The summed E-state index contributed by atoms with van der Waals surface area (Å²) in [6.45, 7) is 6.47. The van der Waals surface area contributed by atoms with Crippen LogP contribution in [0.2, 0.25) is 0 Å². The average molecular weight is 745 g/mol. The average Bonchev–Trinajstić information content (AvgIpc) is 3.45. The number of methoxy groups -OCH3 is 2. The van der Waals surface area contributed by atoms with E-state index < -0.39 is 17.1 Å². The molecule has 3 aliphatic carbocycles. The Labute approximate surface area is 326 Å². The lowest BCUT2D eigenvalue weighted by molar-refractivity contribution is -0.0781. The van der Waals surface area contributed by atoms with E-state index in [4.69, 9.17) is 9.47 Å². The van der Waals surface area contributed by atoms with E-state index in [1.807, 2.05) is 97.9 Å². The lowest BCUT2D eigenvalue weighted by atomic mass is 9.64. The number of nitrogens with zero attached hydrogens (tertiary/aromatic N) is 1. The normalized spacial score (nSPS) is 23.1. The Morgan fingerprint density at radius 3 is 2.36 bits per heavy atom. The second-order valence-corrected chi connectivity index (χ2v) is 15.8. The van der Waals surface area contributed by atoms with Crippen molar-refractivity contribution in [1.82, 2.24) is 10.2 Å². The summed E-state index contributed by atoms with van der Waals surface area (Å²) in [5, 5.41) is 27.4. The molecular formula is C47H56N2O6. The summed E-state index contributed by atoms with van der Waals surface area (Å²) in [4.78, 5) is 30.5. The highest BCUT2D eigenvalue weighted by molar-refractivity contribution is 6.10. The van der Waals surface area contributed by atoms with Gasteiger partial charge in [-0.05, 0) is 99.6 Å². The number of allylic oxidation sites excluding steroid dienone is 2. The molecule has 0 unspecified atom stereocenters. The van der Waals surface area contributed by atoms with Gasteiger partial charge in [-0.2, -0.15) is 0 Å². The molecule has 8 heteroatoms. The smallest absolute Gasteiger partial charge is 0.318 e. The maximum Gasteiger partial charge on any atom is 0.318 e. The molecule has 8 nitrogen and oxygen atoms in total. The third kappa shape index (κ3) is 8.82. The van der Waals surface area contributed by atoms with Gasteiger partial charge in [0.15, 0.2) is 5.78 Å². The zero-order valence-electron chi connectivity index (χ0n) is 32.9. The van der Waals surface area contributed by atoms with Crippen molar-refractivity contribution in [2.75, 3.05) is 20.8 Å². The molecular weight excluding hydrogens is 689 g/mol. The van der Waals surface area contributed by atoms with Crippen LogP contribution in [0.25, 0.3) is 0 Å². The largest absolute Gasteiger partial charge is 0.497 e. The van der Waals surface area contributed by atoms with Crippen LogP contribution in [0, 0.1) is 5.41 Å². The first-order valence-corrected chi connectivity index (χ1v) is 19.5. The van der Waals surface area contributed by atoms with Crippen molar-refractivity contribution in [2.45, 2.75) is 95.9 Å². The molecule has 290 valence electrons. The number of carbonyl (C=O) groups is 2. The number of nitrogens with one attached hydrogen (secondary N) is 1. The Morgan fingerprint density at radius 2 is 1.65 bits per heavy atom. The molecule has 7 rings (SSSR count). The van der Waals surface area contributed by atoms with Crippen LogP contribution in [-0.2, 0) is 13.0 Å². The number of urea groups is 1. The number of ether oxygens (including phenoxy) is 2. The Hall–Kier alpha value is -4.92. The molecule has 5 atom stereocenters. The van der Waals surface area contributed by atoms with Crippen molar-refractivity contribution in [2.24, 2.45) is 5.41 Å². The molecule has 1 fully saturated rings. The highest BCUT2D eigenvalue weighted by Gasteiger charge is 2.57. The molecule has 0 spiro atoms. The number of ketones is 1. The minimum Gasteiger partial charge on any atom is -0.497 e. The predicted molar refractivity (Wildman–Crippen MR) is 217 cm³/mol. The summed E-state index contributed by atoms with van der Waals surface area (Å²) < 4.78 is 11.2. The van der Waals surface area contributed by atoms with E-state index in [9.17, 15) is 19.8 Å². The van der Waals surface area contributed by atoms with Crippen molar-refractivity contribution in [3.05, 3.63) is 142 Å². The monoisotopic (exact) mass is 744 g/mol. The highest BCUT2D eigenvalue weighted by atomic mass is 16.5. The summed E-state index contributed by atoms with van der Waals surface area (Å²) in [5.41, 5.74) is 3.93. The number of hydrogen-bond donors (Lipinski definition) is 3. The lowest BCUT2D eigenvalue weighted by Crippen LogP contribution is -2.55. The minimum atomic E-state index is -1.31. The van der Waals surface area contributed by atoms with E-state index in [0.29, 0.717) is 61.2 Å². The SMILES string of the molecule is COc1ccc(CN(C[C@]2(O)CC[C@H]3c4ccc(cc4C(=O)c4ccccc4)C[C@@H](O)CCC(C)=CCC[C@@]32C)C(=O)N[C@H](C)c2ccccc2)c(OC)c1. The van der Waals surface area contributed by atoms with Crippen molar-refractivity contribution in [1.29, 1.82) is 0 Å². The van der Waals surface area contributed by atoms with Gasteiger partial charge in [0, 0.05) is 28.2 Å². The Kier molecular flexibility index (Phi) is 12.5. The second kappa shape index (κ2) is 17.3. The van der Waals surface area contributed by atoms with Crippen molar-refractivity contribution in [3.8, 4) is 11.5 Å². The summed E-state index contributed by atoms with van der Waals surface area (Å²) in [7, 11) is 3.20. The number of rotatable bonds is 10. The molecule has 0 aromatic heterocycles. The molecule has 0 heterocycles. The maximum atomic E-state index is 14.5. The van der Waals surface area contributed by atoms with Gasteiger partial charge in [0.05, 0.1) is 45.1 Å². The van der Waals surface area contributed by atoms with Crippen molar-refractivity contribution in [3.63, 3.8) is 0 Å². The highest BCUT2D eigenvalue weighted by Crippen LogP contribution is 2.59. The molecule has 3 aliphatic rings. The third-order valence-electron chi connectivity index (χ3n) is 12.2. The van der Waals surface area contributed by atoms with Crippen molar-refractivity contribution < 1.29 is 29.3 Å². The van der Waals surface area contributed by atoms with Gasteiger partial charge in [0.25, 0.3) is 0 Å². The van der Waals surface area contributed by atoms with Crippen LogP contribution in [0.4, 0.5) is 4.79 Å². The number of hydrogen-bond acceptors (Lipinski definition) is 6. The minimum absolute atomic E-state index is 0.0669. The molecule has 2 amide bonds. The first kappa shape index (κ1) is 39.8. The van der Waals surface area contributed by atoms with E-state index in [0.717, 1.165) is 28.7 Å². The fraction of sp³-hybridized carbons (Fsp3) is 0.404. The number of aliphatic hydroxyl groups is 2. The number of amides is 2. The first-order chi connectivity index (χ1) is 26.4. The van der Waals surface area contributed by atoms with Gasteiger partial charge >= 0.3 is 6.03 Å². The molecule has 2 bridgehead atoms. The first-order valence-electron chi connectivity index (χ1n) is 19.5. The standard InChI is InChI=1S/C47H56N2O6/c1-32-13-12-25-46(3)42(40-23-19-34(27-38(50)21-18-32)28-41(40)44(51)36-16-10-7-11-17-36)24-26-47(46,53)31-49(30-37-20-22-39(54-4)29-43(37)55-5)45(52)48-33(2)35-14-8-6-9-15-35/h6-11,13-17,19-20,22-23,28-29,33,38,42,50,53H,12,18,21,24-27,30-31H2,1-5H3,(H,48,52)/t33-,38+,42+,46+,47-/m1/s1. The predicted octanol–water partition coefficient (Wildman–Crippen LogP) is 8.95. The molecule has 3 N–H and O–H groups in total. The number of aliphatic hydroxyl groups excluding tert-OH is 1. The third-order valence-corrected chi connectivity index (χ3v) is 12.2. The van der Waals surface area contributed by atoms with E-state index in [1.54, 1.807) is 25.2 Å². The van der Waals surface area contributed by atoms with E-state index >= 15 is 0 Å². The Bertz CT molecular complexity index is 1980. The van der Waals surface area contributed by atoms with Gasteiger partial charge in [-0.3, -0.25) is 4.79 Å². The topological polar surface area (TPSA) is 108 Å². The van der Waals surface area contributed by atoms with Crippen molar-refractivity contribution >= 4 is 11.8 Å². The lowest BCUT2D eigenvalue weighted by Gasteiger charge is -2.46. The number of benzene rings is 4. The van der Waals surface area contributed by atoms with Crippen LogP contribution in [0.1, 0.15) is 109 Å². The van der Waals surface area contributed by atoms with Gasteiger partial charge in [-0.15, -0.1) is 0 Å². The van der Waals surface area contributed by atoms with Crippen LogP contribution in [-0.4, -0.2) is 59.4 Å². The van der Waals surface area contributed by atoms with Gasteiger partial charge in [0.2, 0.25) is 0 Å². The number of fused-ring (bicyclic) bond motifs is 8. The van der Waals surface area contributed by atoms with Gasteiger partial charge < -0.3 is 29.9 Å². The van der Waals surface area contributed by atoms with Gasteiger partial charge in [-0.1, -0.05) is 91.4 Å². The molecule has 4 aromatic carbocycles. The maximum absolute atomic E-state index is 14.5. The molecule has 0 radical (unpaired) electrons. The fourth-order valence-corrected chi connectivity index (χ4v) is 8.75. The van der Waals surface area contributed by atoms with E-state index in [2.05, 4.69) is 25.2 Å². The zero-order chi connectivity index (χ0) is 39.2. The van der Waals surface area contributed by atoms with Gasteiger partial charge in [0.1, 0.15) is 11.5 Å². The summed E-state index contributed by atoms with van der Waals surface area (Å²) in [6.07, 6.45) is 5.96. The van der Waals surface area contributed by atoms with Crippen LogP contribution in [0.3, 0.4) is 0 Å². The van der Waals surface area contributed by atoms with E-state index in [1.165, 1.54) is 5.57 Å². The van der Waals surface area contributed by atoms with Crippen LogP contribution >= 0.6 is 0 Å². The molecule has 0 saturated heterocycles. The molecule has 0 aliphatic heterocycles. The summed E-state index contributed by atoms with van der Waals surface area (Å²) in [6, 6.07) is 30.2. The van der Waals surface area contributed by atoms with Crippen LogP contribution in [0.5, 0.6) is 11.5 Å².